The highest BCUT2D eigenvalue weighted by atomic mass is 16.5. The van der Waals surface area contributed by atoms with Gasteiger partial charge in [0, 0.05) is 6.61 Å². The van der Waals surface area contributed by atoms with Crippen LogP contribution in [0, 0.1) is 5.41 Å². The van der Waals surface area contributed by atoms with Crippen molar-refractivity contribution in [2.45, 2.75) is 33.3 Å². The average Bonchev–Trinajstić information content (AvgIpc) is 2.00. The summed E-state index contributed by atoms with van der Waals surface area (Å²) in [5.74, 6) is -1.03. The summed E-state index contributed by atoms with van der Waals surface area (Å²) in [6, 6.07) is 0. The lowest BCUT2D eigenvalue weighted by molar-refractivity contribution is -0.169. The Hall–Kier alpha value is -0.610. The van der Waals surface area contributed by atoms with Gasteiger partial charge in [0.2, 0.25) is 0 Å². The van der Waals surface area contributed by atoms with E-state index in [9.17, 15) is 9.90 Å². The van der Waals surface area contributed by atoms with E-state index < -0.39 is 17.0 Å². The quantitative estimate of drug-likeness (QED) is 0.675. The van der Waals surface area contributed by atoms with Gasteiger partial charge in [-0.05, 0) is 27.7 Å². The van der Waals surface area contributed by atoms with Crippen LogP contribution in [0.25, 0.3) is 0 Å². The van der Waals surface area contributed by atoms with Crippen molar-refractivity contribution in [2.24, 2.45) is 5.41 Å². The Bertz CT molecular complexity index is 184. The van der Waals surface area contributed by atoms with Crippen LogP contribution >= 0.6 is 0 Å². The lowest BCUT2D eigenvalue weighted by atomic mass is 9.76. The minimum absolute atomic E-state index is 0.0306. The number of aliphatic carboxylic acids is 1. The van der Waals surface area contributed by atoms with E-state index in [1.54, 1.807) is 6.92 Å². The van der Waals surface area contributed by atoms with Crippen molar-refractivity contribution in [3.8, 4) is 0 Å². The smallest absolute Gasteiger partial charge is 0.312 e. The summed E-state index contributed by atoms with van der Waals surface area (Å²) in [7, 11) is 0. The van der Waals surface area contributed by atoms with Gasteiger partial charge >= 0.3 is 5.97 Å². The van der Waals surface area contributed by atoms with Crippen LogP contribution in [0.4, 0.5) is 0 Å². The van der Waals surface area contributed by atoms with Crippen LogP contribution in [0.5, 0.6) is 0 Å². The fourth-order valence-corrected chi connectivity index (χ4v) is 0.712. The Kier molecular flexibility index (Phi) is 3.88. The minimum atomic E-state index is -1.35. The topological polar surface area (TPSA) is 66.8 Å². The highest BCUT2D eigenvalue weighted by Crippen LogP contribution is 2.31. The first-order chi connectivity index (χ1) is 5.75. The van der Waals surface area contributed by atoms with Gasteiger partial charge < -0.3 is 14.9 Å². The molecule has 0 aromatic rings. The predicted octanol–water partition coefficient (Wildman–Crippen LogP) is 0.885. The molecule has 0 heterocycles. The number of rotatable bonds is 5. The fraction of sp³-hybridized carbons (Fsp3) is 0.889. The first-order valence-corrected chi connectivity index (χ1v) is 4.29. The molecular formula is C9H18O4. The molecule has 0 fully saturated rings. The van der Waals surface area contributed by atoms with Gasteiger partial charge in [-0.15, -0.1) is 0 Å². The molecule has 0 aliphatic heterocycles. The molecule has 4 heteroatoms. The molecule has 2 N–H and O–H groups in total. The monoisotopic (exact) mass is 190 g/mol. The molecule has 0 aliphatic carbocycles. The second-order valence-corrected chi connectivity index (χ2v) is 3.84. The molecule has 0 aliphatic rings. The average molecular weight is 190 g/mol. The van der Waals surface area contributed by atoms with E-state index in [-0.39, 0.29) is 6.61 Å². The van der Waals surface area contributed by atoms with E-state index in [0.717, 1.165) is 0 Å². The van der Waals surface area contributed by atoms with Gasteiger partial charge in [-0.1, -0.05) is 0 Å². The zero-order chi connectivity index (χ0) is 10.7. The summed E-state index contributed by atoms with van der Waals surface area (Å²) in [5.41, 5.74) is -2.56. The molecule has 0 saturated carbocycles. The molecule has 0 bridgehead atoms. The summed E-state index contributed by atoms with van der Waals surface area (Å²) < 4.78 is 5.02. The first kappa shape index (κ1) is 12.4. The highest BCUT2D eigenvalue weighted by molar-refractivity contribution is 5.75. The van der Waals surface area contributed by atoms with Crippen LogP contribution in [-0.2, 0) is 9.53 Å². The summed E-state index contributed by atoms with van der Waals surface area (Å²) in [6.45, 7) is 6.72. The molecule has 0 rings (SSSR count). The molecule has 0 aromatic heterocycles. The lowest BCUT2D eigenvalue weighted by Gasteiger charge is -2.35. The Morgan fingerprint density at radius 3 is 2.15 bits per heavy atom. The van der Waals surface area contributed by atoms with Crippen LogP contribution in [0.2, 0.25) is 0 Å². The van der Waals surface area contributed by atoms with Crippen LogP contribution < -0.4 is 0 Å². The number of carboxylic acids is 1. The van der Waals surface area contributed by atoms with Crippen molar-refractivity contribution in [1.82, 2.24) is 0 Å². The van der Waals surface area contributed by atoms with E-state index >= 15 is 0 Å². The van der Waals surface area contributed by atoms with Crippen LogP contribution in [-0.4, -0.2) is 35.0 Å². The predicted molar refractivity (Wildman–Crippen MR) is 48.5 cm³/mol. The third-order valence-electron chi connectivity index (χ3n) is 2.47. The van der Waals surface area contributed by atoms with Crippen LogP contribution in [0.3, 0.4) is 0 Å². The fourth-order valence-electron chi connectivity index (χ4n) is 0.712. The molecule has 1 unspecified atom stereocenters. The third-order valence-corrected chi connectivity index (χ3v) is 2.47. The molecule has 0 amide bonds. The summed E-state index contributed by atoms with van der Waals surface area (Å²) in [6.07, 6.45) is 0. The lowest BCUT2D eigenvalue weighted by Crippen LogP contribution is -2.50. The molecule has 0 spiro atoms. The molecule has 0 radical (unpaired) electrons. The molecule has 1 atom stereocenters. The number of ether oxygens (including phenoxy) is 1. The highest BCUT2D eigenvalue weighted by Gasteiger charge is 2.45. The van der Waals surface area contributed by atoms with Gasteiger partial charge in [-0.25, -0.2) is 0 Å². The first-order valence-electron chi connectivity index (χ1n) is 4.29. The van der Waals surface area contributed by atoms with Crippen molar-refractivity contribution in [3.05, 3.63) is 0 Å². The van der Waals surface area contributed by atoms with Gasteiger partial charge in [0.15, 0.2) is 0 Å². The molecule has 4 nitrogen and oxygen atoms in total. The SMILES string of the molecule is CCOCC(C)(O)C(C)(C)C(=O)O. The van der Waals surface area contributed by atoms with Crippen molar-refractivity contribution < 1.29 is 19.7 Å². The minimum Gasteiger partial charge on any atom is -0.481 e. The molecular weight excluding hydrogens is 172 g/mol. The second-order valence-electron chi connectivity index (χ2n) is 3.84. The van der Waals surface area contributed by atoms with E-state index in [1.807, 2.05) is 0 Å². The maximum Gasteiger partial charge on any atom is 0.312 e. The van der Waals surface area contributed by atoms with Gasteiger partial charge in [-0.3, -0.25) is 4.79 Å². The number of aliphatic hydroxyl groups is 1. The second kappa shape index (κ2) is 4.07. The summed E-state index contributed by atoms with van der Waals surface area (Å²) in [4.78, 5) is 10.8. The molecule has 0 aromatic carbocycles. The van der Waals surface area contributed by atoms with Crippen LogP contribution in [0.1, 0.15) is 27.7 Å². The Balaban J connectivity index is 4.50. The van der Waals surface area contributed by atoms with E-state index in [0.29, 0.717) is 6.61 Å². The van der Waals surface area contributed by atoms with Gasteiger partial charge in [0.05, 0.1) is 12.0 Å². The molecule has 78 valence electrons. The van der Waals surface area contributed by atoms with Gasteiger partial charge in [0.1, 0.15) is 5.60 Å². The van der Waals surface area contributed by atoms with Crippen molar-refractivity contribution in [3.63, 3.8) is 0 Å². The Morgan fingerprint density at radius 1 is 1.38 bits per heavy atom. The van der Waals surface area contributed by atoms with Crippen molar-refractivity contribution >= 4 is 5.97 Å². The largest absolute Gasteiger partial charge is 0.481 e. The maximum absolute atomic E-state index is 10.8. The van der Waals surface area contributed by atoms with Crippen molar-refractivity contribution in [2.75, 3.05) is 13.2 Å². The standard InChI is InChI=1S/C9H18O4/c1-5-13-6-9(4,12)8(2,3)7(10)11/h12H,5-6H2,1-4H3,(H,10,11). The van der Waals surface area contributed by atoms with Gasteiger partial charge in [0.25, 0.3) is 0 Å². The number of hydrogen-bond acceptors (Lipinski definition) is 3. The zero-order valence-corrected chi connectivity index (χ0v) is 8.63. The van der Waals surface area contributed by atoms with Crippen molar-refractivity contribution in [1.29, 1.82) is 0 Å². The van der Waals surface area contributed by atoms with E-state index in [4.69, 9.17) is 9.84 Å². The molecule has 0 saturated heterocycles. The number of hydrogen-bond donors (Lipinski definition) is 2. The van der Waals surface area contributed by atoms with Gasteiger partial charge in [-0.2, -0.15) is 0 Å². The zero-order valence-electron chi connectivity index (χ0n) is 8.63. The summed E-state index contributed by atoms with van der Waals surface area (Å²) in [5, 5.41) is 18.7. The molecule has 13 heavy (non-hydrogen) atoms. The van der Waals surface area contributed by atoms with Crippen LogP contribution in [0.15, 0.2) is 0 Å². The normalized spacial score (nSPS) is 16.7. The Morgan fingerprint density at radius 2 is 1.85 bits per heavy atom. The number of carboxylic acid groups (broad SMARTS) is 1. The number of carbonyl (C=O) groups is 1. The van der Waals surface area contributed by atoms with E-state index in [2.05, 4.69) is 0 Å². The summed E-state index contributed by atoms with van der Waals surface area (Å²) >= 11 is 0. The Labute approximate surface area is 78.5 Å². The maximum atomic E-state index is 10.8. The third kappa shape index (κ3) is 2.67. The van der Waals surface area contributed by atoms with E-state index in [1.165, 1.54) is 20.8 Å².